The van der Waals surface area contributed by atoms with Gasteiger partial charge in [-0.25, -0.2) is 8.93 Å². The Labute approximate surface area is 206 Å². The summed E-state index contributed by atoms with van der Waals surface area (Å²) in [5.74, 6) is 0.233. The third kappa shape index (κ3) is 6.68. The molecule has 2 saturated heterocycles. The van der Waals surface area contributed by atoms with Gasteiger partial charge >= 0.3 is 0 Å². The molecule has 0 aliphatic carbocycles. The standard InChI is InChI=1S/C26H40N2O5S/c1-8-15-31-21-16-18(2)9-10-20(21)23(27-34(30)25(3,4)5)19-11-13-28(14-12-19)24(29)22-17-32-26(6,7)33-22/h8-10,16,19,22-23,27H,1,11-15,17H2,2-7H3/t22-,23-,34+/m1/s1. The molecule has 8 heteroatoms. The van der Waals surface area contributed by atoms with Crippen LogP contribution >= 0.6 is 0 Å². The summed E-state index contributed by atoms with van der Waals surface area (Å²) in [7, 11) is -1.26. The van der Waals surface area contributed by atoms with E-state index in [1.807, 2.05) is 52.5 Å². The molecule has 3 atom stereocenters. The molecule has 3 rings (SSSR count). The van der Waals surface area contributed by atoms with Crippen molar-refractivity contribution in [1.82, 2.24) is 9.62 Å². The third-order valence-electron chi connectivity index (χ3n) is 6.26. The number of amides is 1. The number of hydrogen-bond acceptors (Lipinski definition) is 5. The van der Waals surface area contributed by atoms with Crippen LogP contribution in [0, 0.1) is 12.8 Å². The number of carbonyl (C=O) groups excluding carboxylic acids is 1. The minimum atomic E-state index is -1.26. The molecule has 7 nitrogen and oxygen atoms in total. The first-order valence-corrected chi connectivity index (χ1v) is 13.2. The zero-order valence-corrected chi connectivity index (χ0v) is 22.2. The Morgan fingerprint density at radius 3 is 2.59 bits per heavy atom. The van der Waals surface area contributed by atoms with Gasteiger partial charge in [0.15, 0.2) is 11.9 Å². The van der Waals surface area contributed by atoms with E-state index in [1.165, 1.54) is 0 Å². The Hall–Kier alpha value is -1.74. The molecule has 2 aliphatic rings. The zero-order chi connectivity index (χ0) is 25.1. The van der Waals surface area contributed by atoms with Crippen LogP contribution in [-0.4, -0.2) is 58.0 Å². The fourth-order valence-electron chi connectivity index (χ4n) is 4.34. The molecule has 0 radical (unpaired) electrons. The molecule has 1 N–H and O–H groups in total. The monoisotopic (exact) mass is 492 g/mol. The lowest BCUT2D eigenvalue weighted by atomic mass is 9.85. The molecule has 0 aromatic heterocycles. The molecule has 1 aromatic carbocycles. The van der Waals surface area contributed by atoms with E-state index in [1.54, 1.807) is 6.08 Å². The summed E-state index contributed by atoms with van der Waals surface area (Å²) in [6.07, 6.45) is 2.75. The molecule has 0 saturated carbocycles. The van der Waals surface area contributed by atoms with Gasteiger partial charge < -0.3 is 19.1 Å². The van der Waals surface area contributed by atoms with Gasteiger partial charge in [0, 0.05) is 18.7 Å². The number of nitrogens with one attached hydrogen (secondary N) is 1. The van der Waals surface area contributed by atoms with Crippen LogP contribution in [0.1, 0.15) is 64.6 Å². The highest BCUT2D eigenvalue weighted by molar-refractivity contribution is 7.84. The van der Waals surface area contributed by atoms with Gasteiger partial charge in [0.25, 0.3) is 5.91 Å². The molecule has 2 aliphatic heterocycles. The number of ether oxygens (including phenoxy) is 3. The quantitative estimate of drug-likeness (QED) is 0.554. The smallest absolute Gasteiger partial charge is 0.254 e. The zero-order valence-electron chi connectivity index (χ0n) is 21.4. The van der Waals surface area contributed by atoms with Gasteiger partial charge in [0.05, 0.1) is 28.4 Å². The van der Waals surface area contributed by atoms with Crippen LogP contribution in [0.3, 0.4) is 0 Å². The van der Waals surface area contributed by atoms with Crippen LogP contribution in [0.5, 0.6) is 5.75 Å². The van der Waals surface area contributed by atoms with Crippen molar-refractivity contribution in [3.05, 3.63) is 42.0 Å². The Bertz CT molecular complexity index is 903. The van der Waals surface area contributed by atoms with Gasteiger partial charge in [-0.05, 0) is 71.9 Å². The van der Waals surface area contributed by atoms with Gasteiger partial charge in [0.1, 0.15) is 12.4 Å². The Balaban J connectivity index is 1.78. The maximum atomic E-state index is 13.1. The van der Waals surface area contributed by atoms with Crippen molar-refractivity contribution in [2.45, 2.75) is 77.1 Å². The molecule has 0 spiro atoms. The van der Waals surface area contributed by atoms with Crippen molar-refractivity contribution < 1.29 is 23.2 Å². The first-order chi connectivity index (χ1) is 15.9. The summed E-state index contributed by atoms with van der Waals surface area (Å²) >= 11 is 0. The summed E-state index contributed by atoms with van der Waals surface area (Å²) in [6.45, 7) is 17.3. The number of rotatable bonds is 8. The Morgan fingerprint density at radius 2 is 2.03 bits per heavy atom. The number of benzene rings is 1. The van der Waals surface area contributed by atoms with Crippen LogP contribution < -0.4 is 9.46 Å². The third-order valence-corrected chi connectivity index (χ3v) is 7.84. The minimum absolute atomic E-state index is 0.0165. The van der Waals surface area contributed by atoms with E-state index in [0.29, 0.717) is 19.7 Å². The molecule has 2 fully saturated rings. The first-order valence-electron chi connectivity index (χ1n) is 12.0. The lowest BCUT2D eigenvalue weighted by Gasteiger charge is -2.38. The van der Waals surface area contributed by atoms with E-state index in [0.717, 1.165) is 29.7 Å². The number of nitrogens with zero attached hydrogens (tertiary/aromatic N) is 1. The predicted octanol–water partition coefficient (Wildman–Crippen LogP) is 4.04. The number of piperidine rings is 1. The van der Waals surface area contributed by atoms with Crippen molar-refractivity contribution in [2.75, 3.05) is 26.3 Å². The molecule has 1 aromatic rings. The van der Waals surface area contributed by atoms with Crippen LogP contribution in [-0.2, 0) is 25.3 Å². The van der Waals surface area contributed by atoms with E-state index in [-0.39, 0.29) is 24.5 Å². The van der Waals surface area contributed by atoms with Crippen molar-refractivity contribution in [3.8, 4) is 5.75 Å². The largest absolute Gasteiger partial charge is 0.489 e. The summed E-state index contributed by atoms with van der Waals surface area (Å²) in [6, 6.07) is 5.98. The SMILES string of the molecule is C=CCOc1cc(C)ccc1[C@H](N[S@@](=O)C(C)(C)C)C1CCN(C(=O)[C@H]2COC(C)(C)O2)CC1. The maximum Gasteiger partial charge on any atom is 0.254 e. The van der Waals surface area contributed by atoms with Gasteiger partial charge in [-0.1, -0.05) is 24.8 Å². The second-order valence-corrected chi connectivity index (χ2v) is 12.6. The van der Waals surface area contributed by atoms with E-state index < -0.39 is 27.6 Å². The van der Waals surface area contributed by atoms with Crippen molar-refractivity contribution in [3.63, 3.8) is 0 Å². The average molecular weight is 493 g/mol. The average Bonchev–Trinajstić information content (AvgIpc) is 3.15. The number of aryl methyl sites for hydroxylation is 1. The highest BCUT2D eigenvalue weighted by Gasteiger charge is 2.41. The van der Waals surface area contributed by atoms with Crippen LogP contribution in [0.25, 0.3) is 0 Å². The molecular weight excluding hydrogens is 452 g/mol. The van der Waals surface area contributed by atoms with Gasteiger partial charge in [-0.2, -0.15) is 0 Å². The Kier molecular flexibility index (Phi) is 8.61. The van der Waals surface area contributed by atoms with E-state index >= 15 is 0 Å². The van der Waals surface area contributed by atoms with Crippen molar-refractivity contribution >= 4 is 16.9 Å². The van der Waals surface area contributed by atoms with Gasteiger partial charge in [0.2, 0.25) is 0 Å². The van der Waals surface area contributed by atoms with E-state index in [9.17, 15) is 9.00 Å². The predicted molar refractivity (Wildman–Crippen MR) is 135 cm³/mol. The van der Waals surface area contributed by atoms with E-state index in [4.69, 9.17) is 14.2 Å². The van der Waals surface area contributed by atoms with Gasteiger partial charge in [-0.3, -0.25) is 4.79 Å². The maximum absolute atomic E-state index is 13.1. The lowest BCUT2D eigenvalue weighted by molar-refractivity contribution is -0.161. The van der Waals surface area contributed by atoms with Crippen LogP contribution in [0.2, 0.25) is 0 Å². The summed E-state index contributed by atoms with van der Waals surface area (Å²) in [5, 5.41) is 0. The van der Waals surface area contributed by atoms with Crippen LogP contribution in [0.4, 0.5) is 0 Å². The summed E-state index contributed by atoms with van der Waals surface area (Å²) in [5.41, 5.74) is 2.09. The minimum Gasteiger partial charge on any atom is -0.489 e. The normalized spacial score (nSPS) is 22.9. The van der Waals surface area contributed by atoms with Gasteiger partial charge in [-0.15, -0.1) is 0 Å². The summed E-state index contributed by atoms with van der Waals surface area (Å²) < 4.78 is 33.5. The second kappa shape index (κ2) is 10.9. The number of likely N-dealkylation sites (tertiary alicyclic amines) is 1. The highest BCUT2D eigenvalue weighted by atomic mass is 32.2. The second-order valence-electron chi connectivity index (χ2n) is 10.6. The summed E-state index contributed by atoms with van der Waals surface area (Å²) in [4.78, 5) is 14.9. The fourth-order valence-corrected chi connectivity index (χ4v) is 5.25. The topological polar surface area (TPSA) is 77.1 Å². The van der Waals surface area contributed by atoms with Crippen molar-refractivity contribution in [2.24, 2.45) is 5.92 Å². The Morgan fingerprint density at radius 1 is 1.35 bits per heavy atom. The molecular formula is C26H40N2O5S. The van der Waals surface area contributed by atoms with Crippen molar-refractivity contribution in [1.29, 1.82) is 0 Å². The molecule has 0 bridgehead atoms. The number of hydrogen-bond donors (Lipinski definition) is 1. The fraction of sp³-hybridized carbons (Fsp3) is 0.654. The highest BCUT2D eigenvalue weighted by Crippen LogP contribution is 2.37. The molecule has 1 amide bonds. The lowest BCUT2D eigenvalue weighted by Crippen LogP contribution is -2.47. The van der Waals surface area contributed by atoms with Crippen LogP contribution in [0.15, 0.2) is 30.9 Å². The molecule has 190 valence electrons. The van der Waals surface area contributed by atoms with E-state index in [2.05, 4.69) is 23.4 Å². The number of carbonyl (C=O) groups is 1. The molecule has 34 heavy (non-hydrogen) atoms. The first kappa shape index (κ1) is 26.9. The molecule has 0 unspecified atom stereocenters. The molecule has 2 heterocycles.